The predicted octanol–water partition coefficient (Wildman–Crippen LogP) is 5.93. The zero-order valence-electron chi connectivity index (χ0n) is 28.3. The number of aromatic nitrogens is 4. The Hall–Kier alpha value is -5.76. The normalized spacial score (nSPS) is 11.4. The number of nitrogens with one attached hydrogen (secondary N) is 2. The third-order valence-electron chi connectivity index (χ3n) is 7.38. The third kappa shape index (κ3) is 8.82. The minimum atomic E-state index is -4.22. The molecule has 2 heterocycles. The van der Waals surface area contributed by atoms with Gasteiger partial charge >= 0.3 is 0 Å². The van der Waals surface area contributed by atoms with Gasteiger partial charge in [-0.05, 0) is 47.4 Å². The molecule has 0 bridgehead atoms. The number of hydrogen-bond acceptors (Lipinski definition) is 11. The number of benzene rings is 3. The fourth-order valence-electron chi connectivity index (χ4n) is 4.71. The van der Waals surface area contributed by atoms with Gasteiger partial charge in [-0.25, -0.2) is 23.4 Å². The molecule has 0 unspecified atom stereocenters. The van der Waals surface area contributed by atoms with Crippen molar-refractivity contribution < 1.29 is 32.2 Å². The van der Waals surface area contributed by atoms with E-state index in [9.17, 15) is 13.2 Å². The van der Waals surface area contributed by atoms with Gasteiger partial charge < -0.3 is 24.3 Å². The molecule has 0 saturated carbocycles. The molecule has 3 aromatic carbocycles. The third-order valence-corrected chi connectivity index (χ3v) is 8.73. The molecule has 2 N–H and O–H groups in total. The van der Waals surface area contributed by atoms with E-state index in [2.05, 4.69) is 30.0 Å². The second-order valence-electron chi connectivity index (χ2n) is 11.9. The monoisotopic (exact) mass is 698 g/mol. The van der Waals surface area contributed by atoms with Gasteiger partial charge in [-0.1, -0.05) is 63.2 Å². The lowest BCUT2D eigenvalue weighted by Gasteiger charge is -2.20. The Labute approximate surface area is 291 Å². The molecule has 0 radical (unpaired) electrons. The molecule has 0 fully saturated rings. The van der Waals surface area contributed by atoms with Crippen LogP contribution in [0.5, 0.6) is 28.9 Å². The first-order valence-electron chi connectivity index (χ1n) is 15.6. The average molecular weight is 699 g/mol. The summed E-state index contributed by atoms with van der Waals surface area (Å²) in [6, 6.07) is 22.3. The molecule has 13 nitrogen and oxygen atoms in total. The van der Waals surface area contributed by atoms with Crippen molar-refractivity contribution in [3.8, 4) is 40.5 Å². The summed E-state index contributed by atoms with van der Waals surface area (Å²) < 4.78 is 53.2. The molecule has 5 aromatic rings. The summed E-state index contributed by atoms with van der Waals surface area (Å²) in [5, 5.41) is 2.85. The molecule has 0 aliphatic heterocycles. The minimum Gasteiger partial charge on any atom is -0.496 e. The Kier molecular flexibility index (Phi) is 11.1. The minimum absolute atomic E-state index is 0.000879. The molecule has 260 valence electrons. The summed E-state index contributed by atoms with van der Waals surface area (Å²) in [7, 11) is -1.18. The first-order chi connectivity index (χ1) is 24.0. The van der Waals surface area contributed by atoms with Gasteiger partial charge in [0, 0.05) is 24.5 Å². The number of ether oxygens (including phenoxy) is 4. The number of hydrogen-bond donors (Lipinski definition) is 2. The number of amides is 1. The second-order valence-corrected chi connectivity index (χ2v) is 13.6. The molecule has 0 saturated heterocycles. The average Bonchev–Trinajstić information content (AvgIpc) is 3.12. The van der Waals surface area contributed by atoms with Crippen LogP contribution in [-0.4, -0.2) is 55.1 Å². The van der Waals surface area contributed by atoms with Crippen molar-refractivity contribution in [2.24, 2.45) is 0 Å². The Morgan fingerprint density at radius 3 is 2.08 bits per heavy atom. The number of methoxy groups -OCH3 is 2. The largest absolute Gasteiger partial charge is 0.496 e. The Balaban J connectivity index is 1.50. The van der Waals surface area contributed by atoms with Crippen molar-refractivity contribution >= 4 is 21.7 Å². The van der Waals surface area contributed by atoms with Gasteiger partial charge in [-0.2, -0.15) is 4.98 Å². The maximum atomic E-state index is 13.8. The van der Waals surface area contributed by atoms with Crippen LogP contribution in [0.15, 0.2) is 96.2 Å². The molecular weight excluding hydrogens is 660 g/mol. The zero-order valence-corrected chi connectivity index (χ0v) is 29.2. The molecule has 0 aliphatic rings. The van der Waals surface area contributed by atoms with E-state index in [0.717, 1.165) is 11.1 Å². The van der Waals surface area contributed by atoms with Gasteiger partial charge in [-0.3, -0.25) is 9.52 Å². The van der Waals surface area contributed by atoms with Crippen molar-refractivity contribution in [3.05, 3.63) is 102 Å². The molecule has 50 heavy (non-hydrogen) atoms. The molecule has 2 aromatic heterocycles. The Morgan fingerprint density at radius 2 is 1.42 bits per heavy atom. The highest BCUT2D eigenvalue weighted by Gasteiger charge is 2.26. The Morgan fingerprint density at radius 1 is 0.780 bits per heavy atom. The predicted molar refractivity (Wildman–Crippen MR) is 187 cm³/mol. The number of sulfonamides is 1. The number of nitrogens with zero attached hydrogens (tertiary/aromatic N) is 4. The second kappa shape index (κ2) is 15.6. The quantitative estimate of drug-likeness (QED) is 0.141. The summed E-state index contributed by atoms with van der Waals surface area (Å²) in [6.07, 6.45) is 2.93. The Bertz CT molecular complexity index is 2040. The van der Waals surface area contributed by atoms with E-state index in [0.29, 0.717) is 11.5 Å². The fourth-order valence-corrected chi connectivity index (χ4v) is 5.71. The van der Waals surface area contributed by atoms with E-state index in [-0.39, 0.29) is 70.6 Å². The standard InChI is InChI=1S/C36H38N6O7S/c1-36(2,3)25-15-17-26(18-16-25)50(44,45)42-32-31(49-29-14-9-8-13-28(29)47-5)35(41-34(40-32)33-37-20-10-21-38-33)48-22-19-30(43)39-23-24-11-6-7-12-27(24)46-4/h6-18,20-21H,19,22-23H2,1-5H3,(H,39,43)(H,40,41,42). The molecule has 0 aliphatic carbocycles. The van der Waals surface area contributed by atoms with Gasteiger partial charge in [-0.15, -0.1) is 0 Å². The van der Waals surface area contributed by atoms with E-state index in [1.165, 1.54) is 31.6 Å². The zero-order chi connectivity index (χ0) is 35.7. The van der Waals surface area contributed by atoms with Crippen LogP contribution in [0.25, 0.3) is 11.6 Å². The van der Waals surface area contributed by atoms with Crippen LogP contribution in [0.4, 0.5) is 5.82 Å². The van der Waals surface area contributed by atoms with Crippen molar-refractivity contribution in [2.75, 3.05) is 25.5 Å². The SMILES string of the molecule is COc1ccccc1CNC(=O)CCOc1nc(-c2ncccn2)nc(NS(=O)(=O)c2ccc(C(C)(C)C)cc2)c1Oc1ccccc1OC. The molecule has 1 amide bonds. The van der Waals surface area contributed by atoms with E-state index < -0.39 is 10.0 Å². The summed E-state index contributed by atoms with van der Waals surface area (Å²) in [5.74, 6) is 0.421. The summed E-state index contributed by atoms with van der Waals surface area (Å²) in [4.78, 5) is 30.3. The van der Waals surface area contributed by atoms with E-state index >= 15 is 0 Å². The smallest absolute Gasteiger partial charge is 0.263 e. The highest BCUT2D eigenvalue weighted by molar-refractivity contribution is 7.92. The van der Waals surface area contributed by atoms with Crippen LogP contribution in [0, 0.1) is 0 Å². The number of carbonyl (C=O) groups is 1. The van der Waals surface area contributed by atoms with Crippen LogP contribution in [-0.2, 0) is 26.8 Å². The van der Waals surface area contributed by atoms with Crippen LogP contribution < -0.4 is 29.0 Å². The number of anilines is 1. The molecular formula is C36H38N6O7S. The number of carbonyl (C=O) groups excluding carboxylic acids is 1. The van der Waals surface area contributed by atoms with Crippen LogP contribution in [0.1, 0.15) is 38.3 Å². The first-order valence-corrected chi connectivity index (χ1v) is 17.1. The van der Waals surface area contributed by atoms with Crippen molar-refractivity contribution in [1.29, 1.82) is 0 Å². The maximum Gasteiger partial charge on any atom is 0.263 e. The lowest BCUT2D eigenvalue weighted by molar-refractivity contribution is -0.121. The van der Waals surface area contributed by atoms with E-state index in [1.807, 2.05) is 45.0 Å². The van der Waals surface area contributed by atoms with Crippen LogP contribution in [0.2, 0.25) is 0 Å². The van der Waals surface area contributed by atoms with Gasteiger partial charge in [0.1, 0.15) is 5.75 Å². The van der Waals surface area contributed by atoms with Gasteiger partial charge in [0.15, 0.2) is 23.1 Å². The topological polar surface area (TPSA) is 164 Å². The van der Waals surface area contributed by atoms with Crippen molar-refractivity contribution in [3.63, 3.8) is 0 Å². The molecule has 5 rings (SSSR count). The maximum absolute atomic E-state index is 13.8. The van der Waals surface area contributed by atoms with Crippen LogP contribution in [0.3, 0.4) is 0 Å². The van der Waals surface area contributed by atoms with Gasteiger partial charge in [0.2, 0.25) is 17.5 Å². The van der Waals surface area contributed by atoms with Crippen molar-refractivity contribution in [2.45, 2.75) is 44.0 Å². The highest BCUT2D eigenvalue weighted by Crippen LogP contribution is 2.41. The van der Waals surface area contributed by atoms with Crippen LogP contribution >= 0.6 is 0 Å². The van der Waals surface area contributed by atoms with E-state index in [1.54, 1.807) is 49.6 Å². The van der Waals surface area contributed by atoms with Gasteiger partial charge in [0.25, 0.3) is 15.9 Å². The summed E-state index contributed by atoms with van der Waals surface area (Å²) >= 11 is 0. The van der Waals surface area contributed by atoms with Gasteiger partial charge in [0.05, 0.1) is 32.1 Å². The summed E-state index contributed by atoms with van der Waals surface area (Å²) in [5.41, 5.74) is 1.59. The lowest BCUT2D eigenvalue weighted by atomic mass is 9.87. The lowest BCUT2D eigenvalue weighted by Crippen LogP contribution is -2.25. The van der Waals surface area contributed by atoms with Crippen molar-refractivity contribution in [1.82, 2.24) is 25.3 Å². The number of para-hydroxylation sites is 3. The highest BCUT2D eigenvalue weighted by atomic mass is 32.2. The number of rotatable bonds is 14. The van der Waals surface area contributed by atoms with E-state index in [4.69, 9.17) is 18.9 Å². The molecule has 14 heteroatoms. The summed E-state index contributed by atoms with van der Waals surface area (Å²) in [6.45, 7) is 6.21. The molecule has 0 atom stereocenters. The first kappa shape index (κ1) is 35.5. The fraction of sp³-hybridized carbons (Fsp3) is 0.250. The molecule has 0 spiro atoms.